The fourth-order valence-electron chi connectivity index (χ4n) is 16.6. The lowest BCUT2D eigenvalue weighted by Gasteiger charge is -2.72. The molecule has 30 unspecified atom stereocenters. The monoisotopic (exact) mass is 1100 g/mol. The number of rotatable bonds is 11. The van der Waals surface area contributed by atoms with Crippen molar-refractivity contribution >= 4 is 5.97 Å². The van der Waals surface area contributed by atoms with Crippen LogP contribution >= 0.6 is 0 Å². The van der Waals surface area contributed by atoms with Gasteiger partial charge in [-0.1, -0.05) is 53.2 Å². The van der Waals surface area contributed by atoms with Crippen LogP contribution in [0.15, 0.2) is 11.6 Å². The molecule has 0 radical (unpaired) electrons. The lowest BCUT2D eigenvalue weighted by atomic mass is 9.33. The Hall–Kier alpha value is -1.63. The second-order valence-corrected chi connectivity index (χ2v) is 26.0. The molecular formula is C54H88O23. The molecule has 0 spiro atoms. The highest BCUT2D eigenvalue weighted by molar-refractivity contribution is 5.79. The Bertz CT molecular complexity index is 2130. The molecule has 442 valence electrons. The van der Waals surface area contributed by atoms with Crippen molar-refractivity contribution in [2.24, 2.45) is 50.7 Å². The smallest absolute Gasteiger partial charge is 0.315 e. The van der Waals surface area contributed by atoms with Crippen molar-refractivity contribution in [3.63, 3.8) is 0 Å². The van der Waals surface area contributed by atoms with Crippen LogP contribution in [0.25, 0.3) is 0 Å². The molecule has 4 saturated heterocycles. The number of esters is 1. The maximum atomic E-state index is 15.1. The van der Waals surface area contributed by atoms with E-state index in [2.05, 4.69) is 40.7 Å². The summed E-state index contributed by atoms with van der Waals surface area (Å²) >= 11 is 0. The molecule has 0 bridgehead atoms. The molecular weight excluding hydrogens is 1020 g/mol. The van der Waals surface area contributed by atoms with Gasteiger partial charge in [0.05, 0.1) is 43.0 Å². The van der Waals surface area contributed by atoms with Gasteiger partial charge in [-0.25, -0.2) is 0 Å². The van der Waals surface area contributed by atoms with Gasteiger partial charge in [0, 0.05) is 5.92 Å². The Morgan fingerprint density at radius 2 is 1.16 bits per heavy atom. The van der Waals surface area contributed by atoms with E-state index in [1.807, 2.05) is 6.92 Å². The predicted molar refractivity (Wildman–Crippen MR) is 263 cm³/mol. The molecule has 4 aliphatic heterocycles. The fraction of sp³-hybridized carbons (Fsp3) is 0.944. The second kappa shape index (κ2) is 21.5. The van der Waals surface area contributed by atoms with E-state index in [0.29, 0.717) is 38.5 Å². The fourth-order valence-corrected chi connectivity index (χ4v) is 16.6. The molecule has 0 aromatic carbocycles. The average molecular weight is 1110 g/mol. The van der Waals surface area contributed by atoms with Gasteiger partial charge in [0.2, 0.25) is 6.29 Å². The molecule has 23 nitrogen and oxygen atoms in total. The van der Waals surface area contributed by atoms with Gasteiger partial charge in [-0.2, -0.15) is 0 Å². The number of aliphatic hydroxyl groups excluding tert-OH is 13. The molecule has 8 fully saturated rings. The summed E-state index contributed by atoms with van der Waals surface area (Å²) in [4.78, 5) is 15.1. The highest BCUT2D eigenvalue weighted by Crippen LogP contribution is 2.76. The molecule has 4 saturated carbocycles. The van der Waals surface area contributed by atoms with Gasteiger partial charge < -0.3 is 109 Å². The SMILES string of the molecule is CC1OC(OC2C(OC3CCC4(C)C(CCC5(C)C4CC=C4C6C(C(=O)OC7OC(COC8OC(CO)C(O)C(O)C8O)C(O)C(O)C7O)(CCC(C)C6(C)O)CCC45C)C3(C)C)OC(CO)C(O)C2O)C(O)C(O)C1O. The summed E-state index contributed by atoms with van der Waals surface area (Å²) in [6.45, 7) is 14.5. The van der Waals surface area contributed by atoms with Gasteiger partial charge in [-0.05, 0) is 111 Å². The summed E-state index contributed by atoms with van der Waals surface area (Å²) in [7, 11) is 0. The predicted octanol–water partition coefficient (Wildman–Crippen LogP) is -2.04. The number of carbonyl (C=O) groups excluding carboxylic acids is 1. The van der Waals surface area contributed by atoms with Crippen molar-refractivity contribution in [2.45, 2.75) is 248 Å². The summed E-state index contributed by atoms with van der Waals surface area (Å²) in [6.07, 6.45) is -24.5. The van der Waals surface area contributed by atoms with Gasteiger partial charge in [-0.15, -0.1) is 0 Å². The van der Waals surface area contributed by atoms with Crippen LogP contribution in [0.5, 0.6) is 0 Å². The van der Waals surface area contributed by atoms with Crippen LogP contribution in [0.2, 0.25) is 0 Å². The zero-order valence-electron chi connectivity index (χ0n) is 45.4. The molecule has 0 amide bonds. The molecule has 9 rings (SSSR count). The number of carbonyl (C=O) groups is 1. The molecule has 0 aromatic heterocycles. The molecule has 4 heterocycles. The van der Waals surface area contributed by atoms with E-state index in [4.69, 9.17) is 37.9 Å². The Morgan fingerprint density at radius 3 is 1.81 bits per heavy atom. The van der Waals surface area contributed by atoms with Crippen LogP contribution in [0.1, 0.15) is 113 Å². The maximum absolute atomic E-state index is 15.1. The van der Waals surface area contributed by atoms with E-state index in [0.717, 1.165) is 24.8 Å². The summed E-state index contributed by atoms with van der Waals surface area (Å²) in [5, 5.41) is 151. The minimum Gasteiger partial charge on any atom is -0.432 e. The number of allylic oxidation sites excluding steroid dienone is 1. The third-order valence-corrected chi connectivity index (χ3v) is 21.8. The van der Waals surface area contributed by atoms with Crippen molar-refractivity contribution in [3.05, 3.63) is 11.6 Å². The number of ether oxygens (including phenoxy) is 8. The maximum Gasteiger partial charge on any atom is 0.315 e. The van der Waals surface area contributed by atoms with Crippen molar-refractivity contribution in [1.82, 2.24) is 0 Å². The molecule has 23 heteroatoms. The summed E-state index contributed by atoms with van der Waals surface area (Å²) in [5.41, 5.74) is -3.38. The van der Waals surface area contributed by atoms with Gasteiger partial charge in [0.25, 0.3) is 0 Å². The van der Waals surface area contributed by atoms with Crippen LogP contribution in [0, 0.1) is 50.7 Å². The molecule has 30 atom stereocenters. The molecule has 14 N–H and O–H groups in total. The standard InChI is InChI=1S/C54H88O23/c1-22-11-16-54(48(68)77-46-41(67)37(63)34(60)27(74-46)21-70-44-39(65)36(62)32(58)25(19-55)72-44)18-17-51(6)24(43(54)53(22,8)69)9-10-29-50(5)14-13-30(49(3,4)28(50)12-15-52(29,51)7)75-47-42(38(64)33(59)26(20-56)73-47)76-45-40(66)35(61)31(57)23(2)71-45/h9,22-23,25-47,55-67,69H,10-21H2,1-8H3. The first-order chi connectivity index (χ1) is 36.0. The molecule has 0 aromatic rings. The molecule has 77 heavy (non-hydrogen) atoms. The zero-order chi connectivity index (χ0) is 56.4. The summed E-state index contributed by atoms with van der Waals surface area (Å²) in [6, 6.07) is 0. The number of hydrogen-bond acceptors (Lipinski definition) is 23. The van der Waals surface area contributed by atoms with E-state index in [-0.39, 0.29) is 28.6 Å². The lowest BCUT2D eigenvalue weighted by molar-refractivity contribution is -0.376. The van der Waals surface area contributed by atoms with E-state index in [1.165, 1.54) is 6.92 Å². The zero-order valence-corrected chi connectivity index (χ0v) is 45.4. The average Bonchev–Trinajstić information content (AvgIpc) is 3.59. The minimum absolute atomic E-state index is 0.0798. The third kappa shape index (κ3) is 9.51. The minimum atomic E-state index is -1.90. The van der Waals surface area contributed by atoms with Crippen LogP contribution in [0.4, 0.5) is 0 Å². The summed E-state index contributed by atoms with van der Waals surface area (Å²) < 4.78 is 47.8. The van der Waals surface area contributed by atoms with Gasteiger partial charge in [0.1, 0.15) is 91.6 Å². The van der Waals surface area contributed by atoms with Crippen molar-refractivity contribution in [2.75, 3.05) is 19.8 Å². The number of fused-ring (bicyclic) bond motifs is 7. The Kier molecular flexibility index (Phi) is 16.8. The molecule has 9 aliphatic rings. The van der Waals surface area contributed by atoms with Crippen LogP contribution in [0.3, 0.4) is 0 Å². The summed E-state index contributed by atoms with van der Waals surface area (Å²) in [5.74, 6) is -1.49. The number of hydrogen-bond donors (Lipinski definition) is 14. The van der Waals surface area contributed by atoms with Gasteiger partial charge in [-0.3, -0.25) is 4.79 Å². The van der Waals surface area contributed by atoms with Crippen molar-refractivity contribution < 1.29 is 114 Å². The Balaban J connectivity index is 0.945. The molecule has 5 aliphatic carbocycles. The van der Waals surface area contributed by atoms with E-state index in [9.17, 15) is 71.5 Å². The second-order valence-electron chi connectivity index (χ2n) is 26.0. The number of aliphatic hydroxyl groups is 14. The topological polar surface area (TPSA) is 374 Å². The first kappa shape index (κ1) is 60.0. The van der Waals surface area contributed by atoms with E-state index >= 15 is 4.79 Å². The Morgan fingerprint density at radius 1 is 0.584 bits per heavy atom. The Labute approximate surface area is 449 Å². The third-order valence-electron chi connectivity index (χ3n) is 21.8. The van der Waals surface area contributed by atoms with Gasteiger partial charge >= 0.3 is 5.97 Å². The normalized spacial score (nSPS) is 55.7. The largest absolute Gasteiger partial charge is 0.432 e. The van der Waals surface area contributed by atoms with Crippen LogP contribution < -0.4 is 0 Å². The van der Waals surface area contributed by atoms with Crippen molar-refractivity contribution in [3.8, 4) is 0 Å². The highest BCUT2D eigenvalue weighted by atomic mass is 16.8. The first-order valence-electron chi connectivity index (χ1n) is 27.9. The lowest BCUT2D eigenvalue weighted by Crippen LogP contribution is -2.68. The van der Waals surface area contributed by atoms with Crippen LogP contribution in [-0.4, -0.2) is 232 Å². The highest BCUT2D eigenvalue weighted by Gasteiger charge is 2.72. The van der Waals surface area contributed by atoms with Gasteiger partial charge in [0.15, 0.2) is 18.9 Å². The van der Waals surface area contributed by atoms with Crippen LogP contribution in [-0.2, 0) is 42.7 Å². The first-order valence-corrected chi connectivity index (χ1v) is 27.9. The van der Waals surface area contributed by atoms with E-state index < -0.39 is 182 Å². The van der Waals surface area contributed by atoms with E-state index in [1.54, 1.807) is 6.92 Å². The quantitative estimate of drug-likeness (QED) is 0.0602. The van der Waals surface area contributed by atoms with Crippen molar-refractivity contribution in [1.29, 1.82) is 0 Å².